The van der Waals surface area contributed by atoms with E-state index >= 15 is 0 Å². The molecule has 1 fully saturated rings. The molecule has 0 aromatic carbocycles. The highest BCUT2D eigenvalue weighted by Gasteiger charge is 2.44. The third kappa shape index (κ3) is 4.22. The first-order chi connectivity index (χ1) is 7.62. The van der Waals surface area contributed by atoms with Gasteiger partial charge in [-0.1, -0.05) is 39.5 Å². The van der Waals surface area contributed by atoms with E-state index in [1.54, 1.807) is 0 Å². The number of nitriles is 1. The van der Waals surface area contributed by atoms with Gasteiger partial charge in [0.15, 0.2) is 0 Å². The van der Waals surface area contributed by atoms with Crippen molar-refractivity contribution in [1.29, 1.82) is 5.26 Å². The van der Waals surface area contributed by atoms with Crippen molar-refractivity contribution >= 4 is 5.91 Å². The van der Waals surface area contributed by atoms with Crippen LogP contribution in [-0.4, -0.2) is 11.4 Å². The molecule has 0 aromatic rings. The van der Waals surface area contributed by atoms with E-state index in [0.717, 1.165) is 19.3 Å². The van der Waals surface area contributed by atoms with Crippen molar-refractivity contribution in [2.75, 3.05) is 0 Å². The van der Waals surface area contributed by atoms with E-state index in [-0.39, 0.29) is 5.91 Å². The Kier molecular flexibility index (Phi) is 4.79. The number of amides is 1. The van der Waals surface area contributed by atoms with E-state index in [4.69, 9.17) is 5.26 Å². The SMILES string of the molecule is CCCCC[C@@H](C)CC(=O)NC1(C#N)CC1. The van der Waals surface area contributed by atoms with Crippen molar-refractivity contribution in [3.63, 3.8) is 0 Å². The molecule has 0 aliphatic heterocycles. The van der Waals surface area contributed by atoms with Gasteiger partial charge in [-0.05, 0) is 18.8 Å². The van der Waals surface area contributed by atoms with E-state index < -0.39 is 5.54 Å². The van der Waals surface area contributed by atoms with E-state index in [0.29, 0.717) is 12.3 Å². The van der Waals surface area contributed by atoms with Gasteiger partial charge in [-0.3, -0.25) is 4.79 Å². The van der Waals surface area contributed by atoms with Gasteiger partial charge in [-0.2, -0.15) is 5.26 Å². The van der Waals surface area contributed by atoms with Crippen LogP contribution in [0.3, 0.4) is 0 Å². The molecule has 0 bridgehead atoms. The lowest BCUT2D eigenvalue weighted by atomic mass is 9.99. The number of hydrogen-bond acceptors (Lipinski definition) is 2. The molecule has 1 atom stereocenters. The molecule has 1 rings (SSSR count). The van der Waals surface area contributed by atoms with Crippen molar-refractivity contribution in [3.05, 3.63) is 0 Å². The Bertz CT molecular complexity index is 276. The van der Waals surface area contributed by atoms with Crippen LogP contribution in [0, 0.1) is 17.2 Å². The van der Waals surface area contributed by atoms with Crippen LogP contribution in [0.25, 0.3) is 0 Å². The van der Waals surface area contributed by atoms with Crippen LogP contribution >= 0.6 is 0 Å². The molecule has 3 nitrogen and oxygen atoms in total. The standard InChI is InChI=1S/C13H22N2O/c1-3-4-5-6-11(2)9-12(16)15-13(10-14)7-8-13/h11H,3-9H2,1-2H3,(H,15,16)/t11-/m1/s1. The van der Waals surface area contributed by atoms with Crippen LogP contribution < -0.4 is 5.32 Å². The Morgan fingerprint density at radius 1 is 1.50 bits per heavy atom. The highest BCUT2D eigenvalue weighted by atomic mass is 16.1. The summed E-state index contributed by atoms with van der Waals surface area (Å²) in [5.41, 5.74) is -0.500. The van der Waals surface area contributed by atoms with Crippen molar-refractivity contribution in [2.45, 2.75) is 64.3 Å². The Morgan fingerprint density at radius 2 is 2.19 bits per heavy atom. The van der Waals surface area contributed by atoms with Gasteiger partial charge in [0.1, 0.15) is 5.54 Å². The van der Waals surface area contributed by atoms with E-state index in [1.807, 2.05) is 0 Å². The summed E-state index contributed by atoms with van der Waals surface area (Å²) in [5, 5.41) is 11.7. The zero-order valence-electron chi connectivity index (χ0n) is 10.4. The maximum absolute atomic E-state index is 11.6. The number of carbonyl (C=O) groups is 1. The summed E-state index contributed by atoms with van der Waals surface area (Å²) in [4.78, 5) is 11.6. The van der Waals surface area contributed by atoms with Crippen LogP contribution in [0.1, 0.15) is 58.8 Å². The maximum Gasteiger partial charge on any atom is 0.221 e. The molecule has 0 heterocycles. The van der Waals surface area contributed by atoms with Gasteiger partial charge < -0.3 is 5.32 Å². The second-order valence-corrected chi connectivity index (χ2v) is 5.05. The van der Waals surface area contributed by atoms with Crippen LogP contribution in [0.2, 0.25) is 0 Å². The van der Waals surface area contributed by atoms with Crippen molar-refractivity contribution < 1.29 is 4.79 Å². The molecular weight excluding hydrogens is 200 g/mol. The average molecular weight is 222 g/mol. The minimum Gasteiger partial charge on any atom is -0.338 e. The lowest BCUT2D eigenvalue weighted by Crippen LogP contribution is -2.36. The Hall–Kier alpha value is -1.04. The van der Waals surface area contributed by atoms with Gasteiger partial charge >= 0.3 is 0 Å². The van der Waals surface area contributed by atoms with E-state index in [1.165, 1.54) is 19.3 Å². The lowest BCUT2D eigenvalue weighted by molar-refractivity contribution is -0.122. The van der Waals surface area contributed by atoms with E-state index in [9.17, 15) is 4.79 Å². The summed E-state index contributed by atoms with van der Waals surface area (Å²) >= 11 is 0. The fourth-order valence-electron chi connectivity index (χ4n) is 1.87. The average Bonchev–Trinajstić information content (AvgIpc) is 2.98. The maximum atomic E-state index is 11.6. The molecule has 3 heteroatoms. The molecule has 0 unspecified atom stereocenters. The normalized spacial score (nSPS) is 18.6. The third-order valence-electron chi connectivity index (χ3n) is 3.18. The van der Waals surface area contributed by atoms with Crippen molar-refractivity contribution in [2.24, 2.45) is 5.92 Å². The van der Waals surface area contributed by atoms with Gasteiger partial charge in [-0.15, -0.1) is 0 Å². The predicted octanol–water partition coefficient (Wildman–Crippen LogP) is 2.77. The molecule has 0 saturated heterocycles. The highest BCUT2D eigenvalue weighted by Crippen LogP contribution is 2.34. The first-order valence-corrected chi connectivity index (χ1v) is 6.34. The lowest BCUT2D eigenvalue weighted by Gasteiger charge is -2.13. The number of unbranched alkanes of at least 4 members (excludes halogenated alkanes) is 2. The van der Waals surface area contributed by atoms with Crippen LogP contribution in [0.15, 0.2) is 0 Å². The number of rotatable bonds is 7. The fraction of sp³-hybridized carbons (Fsp3) is 0.846. The number of nitrogens with zero attached hydrogens (tertiary/aromatic N) is 1. The smallest absolute Gasteiger partial charge is 0.221 e. The largest absolute Gasteiger partial charge is 0.338 e. The van der Waals surface area contributed by atoms with Gasteiger partial charge in [0.25, 0.3) is 0 Å². The highest BCUT2D eigenvalue weighted by molar-refractivity contribution is 5.78. The summed E-state index contributed by atoms with van der Waals surface area (Å²) in [5.74, 6) is 0.476. The summed E-state index contributed by atoms with van der Waals surface area (Å²) in [7, 11) is 0. The van der Waals surface area contributed by atoms with Gasteiger partial charge in [-0.25, -0.2) is 0 Å². The molecule has 1 aliphatic carbocycles. The molecule has 0 radical (unpaired) electrons. The first kappa shape index (κ1) is 13.0. The van der Waals surface area contributed by atoms with Gasteiger partial charge in [0.05, 0.1) is 6.07 Å². The molecule has 1 N–H and O–H groups in total. The van der Waals surface area contributed by atoms with Crippen molar-refractivity contribution in [1.82, 2.24) is 5.32 Å². The molecule has 1 amide bonds. The zero-order chi connectivity index (χ0) is 12.0. The second-order valence-electron chi connectivity index (χ2n) is 5.05. The van der Waals surface area contributed by atoms with Crippen LogP contribution in [-0.2, 0) is 4.79 Å². The molecule has 0 spiro atoms. The first-order valence-electron chi connectivity index (χ1n) is 6.34. The Labute approximate surface area is 98.2 Å². The third-order valence-corrected chi connectivity index (χ3v) is 3.18. The minimum atomic E-state index is -0.500. The van der Waals surface area contributed by atoms with Gasteiger partial charge in [0.2, 0.25) is 5.91 Å². The summed E-state index contributed by atoms with van der Waals surface area (Å²) in [6.45, 7) is 4.29. The molecular formula is C13H22N2O. The number of carbonyl (C=O) groups excluding carboxylic acids is 1. The number of nitrogens with one attached hydrogen (secondary N) is 1. The summed E-state index contributed by atoms with van der Waals surface area (Å²) in [6.07, 6.45) is 6.98. The van der Waals surface area contributed by atoms with E-state index in [2.05, 4.69) is 25.2 Å². The second kappa shape index (κ2) is 5.89. The van der Waals surface area contributed by atoms with Crippen LogP contribution in [0.4, 0.5) is 0 Å². The number of hydrogen-bond donors (Lipinski definition) is 1. The predicted molar refractivity (Wildman–Crippen MR) is 63.6 cm³/mol. The quantitative estimate of drug-likeness (QED) is 0.673. The molecule has 1 saturated carbocycles. The molecule has 16 heavy (non-hydrogen) atoms. The zero-order valence-corrected chi connectivity index (χ0v) is 10.4. The van der Waals surface area contributed by atoms with Crippen molar-refractivity contribution in [3.8, 4) is 6.07 Å². The van der Waals surface area contributed by atoms with Gasteiger partial charge in [0, 0.05) is 6.42 Å². The Morgan fingerprint density at radius 3 is 2.69 bits per heavy atom. The summed E-state index contributed by atoms with van der Waals surface area (Å²) < 4.78 is 0. The molecule has 0 aromatic heterocycles. The van der Waals surface area contributed by atoms with Crippen LogP contribution in [0.5, 0.6) is 0 Å². The topological polar surface area (TPSA) is 52.9 Å². The minimum absolute atomic E-state index is 0.0445. The fourth-order valence-corrected chi connectivity index (χ4v) is 1.87. The molecule has 1 aliphatic rings. The summed E-state index contributed by atoms with van der Waals surface area (Å²) in [6, 6.07) is 2.18. The Balaban J connectivity index is 2.16. The monoisotopic (exact) mass is 222 g/mol. The molecule has 90 valence electrons.